The molecule has 1 aliphatic rings. The van der Waals surface area contributed by atoms with Crippen molar-refractivity contribution in [2.45, 2.75) is 12.5 Å². The van der Waals surface area contributed by atoms with Crippen LogP contribution < -0.4 is 5.73 Å². The Labute approximate surface area is 112 Å². The first-order valence-corrected chi connectivity index (χ1v) is 6.41. The zero-order chi connectivity index (χ0) is 13.0. The molecule has 1 atom stereocenters. The predicted molar refractivity (Wildman–Crippen MR) is 70.4 cm³/mol. The monoisotopic (exact) mass is 268 g/mol. The topological polar surface area (TPSA) is 55.6 Å². The quantitative estimate of drug-likeness (QED) is 0.906. The minimum absolute atomic E-state index is 0.0748. The SMILES string of the molecule is NC(CC(=O)N1CCOCC1)c1cccc(Cl)c1. The summed E-state index contributed by atoms with van der Waals surface area (Å²) in [5.74, 6) is 0.0748. The first kappa shape index (κ1) is 13.3. The molecule has 0 bridgehead atoms. The molecule has 0 spiro atoms. The maximum absolute atomic E-state index is 12.0. The molecule has 0 radical (unpaired) electrons. The summed E-state index contributed by atoms with van der Waals surface area (Å²) in [5, 5.41) is 0.641. The third kappa shape index (κ3) is 3.45. The van der Waals surface area contributed by atoms with Gasteiger partial charge in [0.1, 0.15) is 0 Å². The lowest BCUT2D eigenvalue weighted by Crippen LogP contribution is -2.41. The number of nitrogens with zero attached hydrogens (tertiary/aromatic N) is 1. The van der Waals surface area contributed by atoms with Crippen molar-refractivity contribution in [2.75, 3.05) is 26.3 Å². The number of amides is 1. The van der Waals surface area contributed by atoms with E-state index in [2.05, 4.69) is 0 Å². The van der Waals surface area contributed by atoms with Gasteiger partial charge in [-0.05, 0) is 17.7 Å². The zero-order valence-electron chi connectivity index (χ0n) is 10.1. The number of hydrogen-bond acceptors (Lipinski definition) is 3. The summed E-state index contributed by atoms with van der Waals surface area (Å²) in [6.45, 7) is 2.53. The Morgan fingerprint density at radius 1 is 1.44 bits per heavy atom. The summed E-state index contributed by atoms with van der Waals surface area (Å²) < 4.78 is 5.21. The highest BCUT2D eigenvalue weighted by Crippen LogP contribution is 2.19. The van der Waals surface area contributed by atoms with Gasteiger partial charge in [0.25, 0.3) is 0 Å². The molecule has 1 amide bonds. The Morgan fingerprint density at radius 2 is 2.17 bits per heavy atom. The number of nitrogens with two attached hydrogens (primary N) is 1. The van der Waals surface area contributed by atoms with Crippen molar-refractivity contribution in [2.24, 2.45) is 5.73 Å². The molecule has 4 nitrogen and oxygen atoms in total. The molecule has 1 unspecified atom stereocenters. The Kier molecular flexibility index (Phi) is 4.58. The summed E-state index contributed by atoms with van der Waals surface area (Å²) in [4.78, 5) is 13.8. The summed E-state index contributed by atoms with van der Waals surface area (Å²) in [7, 11) is 0. The van der Waals surface area contributed by atoms with Crippen molar-refractivity contribution in [3.63, 3.8) is 0 Å². The molecule has 0 aliphatic carbocycles. The van der Waals surface area contributed by atoms with Crippen LogP contribution in [0.1, 0.15) is 18.0 Å². The van der Waals surface area contributed by atoms with E-state index in [1.165, 1.54) is 0 Å². The summed E-state index contributed by atoms with van der Waals surface area (Å²) >= 11 is 5.91. The van der Waals surface area contributed by atoms with Crippen LogP contribution in [0.4, 0.5) is 0 Å². The normalized spacial score (nSPS) is 17.6. The van der Waals surface area contributed by atoms with Gasteiger partial charge in [0.15, 0.2) is 0 Å². The summed E-state index contributed by atoms with van der Waals surface area (Å²) in [6, 6.07) is 7.03. The van der Waals surface area contributed by atoms with Crippen LogP contribution in [0.5, 0.6) is 0 Å². The highest BCUT2D eigenvalue weighted by Gasteiger charge is 2.20. The van der Waals surface area contributed by atoms with Crippen LogP contribution in [-0.2, 0) is 9.53 Å². The third-order valence-electron chi connectivity index (χ3n) is 3.04. The van der Waals surface area contributed by atoms with E-state index >= 15 is 0 Å². The van der Waals surface area contributed by atoms with E-state index in [9.17, 15) is 4.79 Å². The minimum Gasteiger partial charge on any atom is -0.378 e. The maximum atomic E-state index is 12.0. The molecule has 1 aromatic carbocycles. The fourth-order valence-corrected chi connectivity index (χ4v) is 2.18. The van der Waals surface area contributed by atoms with Gasteiger partial charge >= 0.3 is 0 Å². The molecule has 1 heterocycles. The van der Waals surface area contributed by atoms with Crippen LogP contribution in [-0.4, -0.2) is 37.1 Å². The number of halogens is 1. The number of carbonyl (C=O) groups excluding carboxylic acids is 1. The number of ether oxygens (including phenoxy) is 1. The van der Waals surface area contributed by atoms with Gasteiger partial charge in [-0.3, -0.25) is 4.79 Å². The van der Waals surface area contributed by atoms with Gasteiger partial charge in [0.2, 0.25) is 5.91 Å². The summed E-state index contributed by atoms with van der Waals surface area (Å²) in [5.41, 5.74) is 6.93. The Bertz CT molecular complexity index is 419. The van der Waals surface area contributed by atoms with E-state index in [1.807, 2.05) is 12.1 Å². The average molecular weight is 269 g/mol. The van der Waals surface area contributed by atoms with Crippen molar-refractivity contribution in [3.05, 3.63) is 34.9 Å². The van der Waals surface area contributed by atoms with Gasteiger partial charge < -0.3 is 15.4 Å². The van der Waals surface area contributed by atoms with Crippen molar-refractivity contribution in [1.29, 1.82) is 0 Å². The van der Waals surface area contributed by atoms with E-state index in [0.29, 0.717) is 37.7 Å². The van der Waals surface area contributed by atoms with Gasteiger partial charge in [0, 0.05) is 30.6 Å². The average Bonchev–Trinajstić information content (AvgIpc) is 2.39. The molecule has 1 fully saturated rings. The largest absolute Gasteiger partial charge is 0.378 e. The molecule has 18 heavy (non-hydrogen) atoms. The lowest BCUT2D eigenvalue weighted by molar-refractivity contribution is -0.135. The predicted octanol–water partition coefficient (Wildman–Crippen LogP) is 1.59. The van der Waals surface area contributed by atoms with Crippen LogP contribution in [0, 0.1) is 0 Å². The Hall–Kier alpha value is -1.10. The van der Waals surface area contributed by atoms with Crippen molar-refractivity contribution in [3.8, 4) is 0 Å². The number of benzene rings is 1. The number of hydrogen-bond donors (Lipinski definition) is 1. The number of carbonyl (C=O) groups is 1. The van der Waals surface area contributed by atoms with Gasteiger partial charge in [-0.15, -0.1) is 0 Å². The molecule has 1 saturated heterocycles. The van der Waals surface area contributed by atoms with Crippen LogP contribution in [0.15, 0.2) is 24.3 Å². The van der Waals surface area contributed by atoms with Crippen LogP contribution in [0.25, 0.3) is 0 Å². The fourth-order valence-electron chi connectivity index (χ4n) is 1.99. The van der Waals surface area contributed by atoms with E-state index in [1.54, 1.807) is 17.0 Å². The lowest BCUT2D eigenvalue weighted by Gasteiger charge is -2.28. The van der Waals surface area contributed by atoms with E-state index in [-0.39, 0.29) is 11.9 Å². The third-order valence-corrected chi connectivity index (χ3v) is 3.27. The van der Waals surface area contributed by atoms with E-state index in [4.69, 9.17) is 22.1 Å². The van der Waals surface area contributed by atoms with Gasteiger partial charge in [-0.25, -0.2) is 0 Å². The van der Waals surface area contributed by atoms with Crippen LogP contribution >= 0.6 is 11.6 Å². The molecule has 0 saturated carbocycles. The molecule has 98 valence electrons. The molecular formula is C13H17ClN2O2. The second kappa shape index (κ2) is 6.18. The molecule has 0 aromatic heterocycles. The molecular weight excluding hydrogens is 252 g/mol. The van der Waals surface area contributed by atoms with Crippen LogP contribution in [0.3, 0.4) is 0 Å². The minimum atomic E-state index is -0.306. The highest BCUT2D eigenvalue weighted by atomic mass is 35.5. The first-order chi connectivity index (χ1) is 8.66. The molecule has 2 N–H and O–H groups in total. The van der Waals surface area contributed by atoms with Crippen molar-refractivity contribution >= 4 is 17.5 Å². The Morgan fingerprint density at radius 3 is 2.83 bits per heavy atom. The maximum Gasteiger partial charge on any atom is 0.224 e. The Balaban J connectivity index is 1.94. The molecule has 1 aromatic rings. The molecule has 1 aliphatic heterocycles. The standard InChI is InChI=1S/C13H17ClN2O2/c14-11-3-1-2-10(8-11)12(15)9-13(17)16-4-6-18-7-5-16/h1-3,8,12H,4-7,9,15H2. The first-order valence-electron chi connectivity index (χ1n) is 6.03. The van der Waals surface area contributed by atoms with Gasteiger partial charge in [-0.1, -0.05) is 23.7 Å². The second-order valence-corrected chi connectivity index (χ2v) is 4.80. The smallest absolute Gasteiger partial charge is 0.224 e. The zero-order valence-corrected chi connectivity index (χ0v) is 10.9. The van der Waals surface area contributed by atoms with E-state index < -0.39 is 0 Å². The number of morpholine rings is 1. The van der Waals surface area contributed by atoms with Crippen molar-refractivity contribution in [1.82, 2.24) is 4.90 Å². The van der Waals surface area contributed by atoms with E-state index in [0.717, 1.165) is 5.56 Å². The fraction of sp³-hybridized carbons (Fsp3) is 0.462. The summed E-state index contributed by atoms with van der Waals surface area (Å²) in [6.07, 6.45) is 0.306. The molecule has 5 heteroatoms. The van der Waals surface area contributed by atoms with Crippen LogP contribution in [0.2, 0.25) is 5.02 Å². The van der Waals surface area contributed by atoms with Crippen molar-refractivity contribution < 1.29 is 9.53 Å². The van der Waals surface area contributed by atoms with Gasteiger partial charge in [-0.2, -0.15) is 0 Å². The highest BCUT2D eigenvalue weighted by molar-refractivity contribution is 6.30. The second-order valence-electron chi connectivity index (χ2n) is 4.36. The molecule has 2 rings (SSSR count). The lowest BCUT2D eigenvalue weighted by atomic mass is 10.0. The van der Waals surface area contributed by atoms with Gasteiger partial charge in [0.05, 0.1) is 13.2 Å². The number of rotatable bonds is 3.